The quantitative estimate of drug-likeness (QED) is 0.926. The van der Waals surface area contributed by atoms with Gasteiger partial charge < -0.3 is 15.4 Å². The molecule has 3 nitrogen and oxygen atoms in total. The summed E-state index contributed by atoms with van der Waals surface area (Å²) in [5, 5.41) is 0.799. The first-order valence-corrected chi connectivity index (χ1v) is 7.17. The maximum atomic E-state index is 6.45. The molecule has 19 heavy (non-hydrogen) atoms. The van der Waals surface area contributed by atoms with Crippen LogP contribution in [0.2, 0.25) is 5.02 Å². The fraction of sp³-hybridized carbons (Fsp3) is 0.600. The third-order valence-corrected chi connectivity index (χ3v) is 3.81. The Labute approximate surface area is 120 Å². The van der Waals surface area contributed by atoms with Gasteiger partial charge in [0.1, 0.15) is 0 Å². The summed E-state index contributed by atoms with van der Waals surface area (Å²) >= 11 is 6.45. The van der Waals surface area contributed by atoms with Crippen molar-refractivity contribution >= 4 is 17.3 Å². The van der Waals surface area contributed by atoms with Crippen molar-refractivity contribution in [1.29, 1.82) is 0 Å². The Hall–Kier alpha value is -0.770. The van der Waals surface area contributed by atoms with E-state index in [0.29, 0.717) is 0 Å². The van der Waals surface area contributed by atoms with Gasteiger partial charge in [-0.1, -0.05) is 17.7 Å². The predicted octanol–water partition coefficient (Wildman–Crippen LogP) is 2.84. The van der Waals surface area contributed by atoms with E-state index in [1.807, 2.05) is 13.0 Å². The first kappa shape index (κ1) is 14.6. The molecule has 0 saturated carbocycles. The summed E-state index contributed by atoms with van der Waals surface area (Å²) in [5.41, 5.74) is 8.08. The lowest BCUT2D eigenvalue weighted by atomic mass is 10.00. The molecule has 1 aromatic rings. The summed E-state index contributed by atoms with van der Waals surface area (Å²) in [7, 11) is 0. The van der Waals surface area contributed by atoms with Crippen LogP contribution in [-0.4, -0.2) is 31.3 Å². The summed E-state index contributed by atoms with van der Waals surface area (Å²) in [6.07, 6.45) is 0.854. The molecule has 4 heteroatoms. The monoisotopic (exact) mass is 282 g/mol. The Morgan fingerprint density at radius 2 is 2.21 bits per heavy atom. The molecule has 1 fully saturated rings. The Kier molecular flexibility index (Phi) is 4.39. The minimum absolute atomic E-state index is 0.0232. The van der Waals surface area contributed by atoms with Crippen molar-refractivity contribution in [3.05, 3.63) is 28.8 Å². The lowest BCUT2D eigenvalue weighted by molar-refractivity contribution is 0.0644. The molecule has 2 N–H and O–H groups in total. The molecule has 0 radical (unpaired) electrons. The molecule has 1 atom stereocenters. The summed E-state index contributed by atoms with van der Waals surface area (Å²) < 4.78 is 5.55. The number of ether oxygens (including phenoxy) is 1. The maximum Gasteiger partial charge on any atom is 0.0694 e. The van der Waals surface area contributed by atoms with E-state index in [2.05, 4.69) is 30.9 Å². The second kappa shape index (κ2) is 5.70. The molecular formula is C15H23ClN2O. The van der Waals surface area contributed by atoms with E-state index in [4.69, 9.17) is 22.1 Å². The second-order valence-corrected chi connectivity index (χ2v) is 6.39. The van der Waals surface area contributed by atoms with Crippen molar-refractivity contribution < 1.29 is 4.74 Å². The third-order valence-electron chi connectivity index (χ3n) is 3.51. The zero-order valence-electron chi connectivity index (χ0n) is 11.9. The molecule has 1 heterocycles. The van der Waals surface area contributed by atoms with E-state index in [0.717, 1.165) is 36.9 Å². The van der Waals surface area contributed by atoms with Crippen molar-refractivity contribution in [2.45, 2.75) is 38.8 Å². The molecule has 0 aromatic heterocycles. The molecule has 1 aliphatic heterocycles. The molecular weight excluding hydrogens is 260 g/mol. The average Bonchev–Trinajstić information content (AvgIpc) is 2.29. The highest BCUT2D eigenvalue weighted by Crippen LogP contribution is 2.33. The fourth-order valence-electron chi connectivity index (χ4n) is 2.57. The van der Waals surface area contributed by atoms with Gasteiger partial charge in [-0.15, -0.1) is 0 Å². The van der Waals surface area contributed by atoms with Crippen LogP contribution in [0.4, 0.5) is 5.69 Å². The zero-order chi connectivity index (χ0) is 14.0. The SMILES string of the molecule is CC(N)Cc1ccc(N2CCOCC2(C)C)c(Cl)c1. The fourth-order valence-corrected chi connectivity index (χ4v) is 2.88. The first-order chi connectivity index (χ1) is 8.90. The molecule has 106 valence electrons. The van der Waals surface area contributed by atoms with Crippen LogP contribution < -0.4 is 10.6 Å². The summed E-state index contributed by atoms with van der Waals surface area (Å²) in [5.74, 6) is 0. The Balaban J connectivity index is 2.25. The summed E-state index contributed by atoms with van der Waals surface area (Å²) in [4.78, 5) is 2.33. The van der Waals surface area contributed by atoms with E-state index in [1.54, 1.807) is 0 Å². The minimum Gasteiger partial charge on any atom is -0.377 e. The van der Waals surface area contributed by atoms with Crippen LogP contribution >= 0.6 is 11.6 Å². The number of morpholine rings is 1. The van der Waals surface area contributed by atoms with Crippen LogP contribution in [0.1, 0.15) is 26.3 Å². The number of nitrogens with zero attached hydrogens (tertiary/aromatic N) is 1. The number of halogens is 1. The molecule has 1 aliphatic rings. The number of rotatable bonds is 3. The molecule has 1 aromatic carbocycles. The minimum atomic E-state index is -0.0232. The third kappa shape index (κ3) is 3.41. The molecule has 1 saturated heterocycles. The standard InChI is InChI=1S/C15H23ClN2O/c1-11(17)8-12-4-5-14(13(16)9-12)18-6-7-19-10-15(18,2)3/h4-5,9,11H,6-8,10,17H2,1-3H3. The van der Waals surface area contributed by atoms with E-state index >= 15 is 0 Å². The predicted molar refractivity (Wildman–Crippen MR) is 81.0 cm³/mol. The van der Waals surface area contributed by atoms with Gasteiger partial charge in [-0.3, -0.25) is 0 Å². The van der Waals surface area contributed by atoms with E-state index in [-0.39, 0.29) is 11.6 Å². The van der Waals surface area contributed by atoms with Crippen LogP contribution in [0.25, 0.3) is 0 Å². The molecule has 0 bridgehead atoms. The maximum absolute atomic E-state index is 6.45. The van der Waals surface area contributed by atoms with Crippen molar-refractivity contribution in [2.24, 2.45) is 5.73 Å². The summed E-state index contributed by atoms with van der Waals surface area (Å²) in [6, 6.07) is 6.41. The van der Waals surface area contributed by atoms with Gasteiger partial charge in [-0.05, 0) is 44.9 Å². The van der Waals surface area contributed by atoms with Gasteiger partial charge in [0, 0.05) is 12.6 Å². The second-order valence-electron chi connectivity index (χ2n) is 5.98. The molecule has 0 spiro atoms. The van der Waals surface area contributed by atoms with Gasteiger partial charge >= 0.3 is 0 Å². The van der Waals surface area contributed by atoms with Crippen molar-refractivity contribution in [3.8, 4) is 0 Å². The largest absolute Gasteiger partial charge is 0.377 e. The van der Waals surface area contributed by atoms with Gasteiger partial charge in [-0.25, -0.2) is 0 Å². The van der Waals surface area contributed by atoms with Crippen LogP contribution in [0.5, 0.6) is 0 Å². The number of benzene rings is 1. The van der Waals surface area contributed by atoms with E-state index in [1.165, 1.54) is 5.56 Å². The highest BCUT2D eigenvalue weighted by molar-refractivity contribution is 6.33. The van der Waals surface area contributed by atoms with Gasteiger partial charge in [0.15, 0.2) is 0 Å². The number of hydrogen-bond donors (Lipinski definition) is 1. The zero-order valence-corrected chi connectivity index (χ0v) is 12.7. The molecule has 2 rings (SSSR count). The van der Waals surface area contributed by atoms with Crippen molar-refractivity contribution in [2.75, 3.05) is 24.7 Å². The Morgan fingerprint density at radius 1 is 1.47 bits per heavy atom. The van der Waals surface area contributed by atoms with Crippen LogP contribution in [-0.2, 0) is 11.2 Å². The number of hydrogen-bond acceptors (Lipinski definition) is 3. The van der Waals surface area contributed by atoms with Gasteiger partial charge in [-0.2, -0.15) is 0 Å². The Morgan fingerprint density at radius 3 is 2.79 bits per heavy atom. The highest BCUT2D eigenvalue weighted by atomic mass is 35.5. The summed E-state index contributed by atoms with van der Waals surface area (Å²) in [6.45, 7) is 8.72. The van der Waals surface area contributed by atoms with Crippen LogP contribution in [0.15, 0.2) is 18.2 Å². The average molecular weight is 283 g/mol. The van der Waals surface area contributed by atoms with Gasteiger partial charge in [0.05, 0.1) is 29.5 Å². The van der Waals surface area contributed by atoms with Crippen LogP contribution in [0.3, 0.4) is 0 Å². The van der Waals surface area contributed by atoms with Crippen molar-refractivity contribution in [1.82, 2.24) is 0 Å². The van der Waals surface area contributed by atoms with Gasteiger partial charge in [0.25, 0.3) is 0 Å². The number of anilines is 1. The smallest absolute Gasteiger partial charge is 0.0694 e. The first-order valence-electron chi connectivity index (χ1n) is 6.79. The molecule has 0 amide bonds. The molecule has 1 unspecified atom stereocenters. The van der Waals surface area contributed by atoms with E-state index in [9.17, 15) is 0 Å². The normalized spacial score (nSPS) is 20.4. The Bertz CT molecular complexity index is 446. The van der Waals surface area contributed by atoms with Crippen LogP contribution in [0, 0.1) is 0 Å². The lowest BCUT2D eigenvalue weighted by Gasteiger charge is -2.44. The van der Waals surface area contributed by atoms with Crippen molar-refractivity contribution in [3.63, 3.8) is 0 Å². The topological polar surface area (TPSA) is 38.5 Å². The number of nitrogens with two attached hydrogens (primary N) is 1. The molecule has 0 aliphatic carbocycles. The highest BCUT2D eigenvalue weighted by Gasteiger charge is 2.31. The lowest BCUT2D eigenvalue weighted by Crippen LogP contribution is -2.53. The van der Waals surface area contributed by atoms with E-state index < -0.39 is 0 Å². The van der Waals surface area contributed by atoms with Gasteiger partial charge in [0.2, 0.25) is 0 Å².